The summed E-state index contributed by atoms with van der Waals surface area (Å²) in [6.45, 7) is 8.44. The van der Waals surface area contributed by atoms with Gasteiger partial charge in [0.2, 0.25) is 0 Å². The molecule has 1 N–H and O–H groups in total. The molecular formula is C20H31N3O4. The van der Waals surface area contributed by atoms with Crippen LogP contribution in [0.3, 0.4) is 0 Å². The normalized spacial score (nSPS) is 27.2. The summed E-state index contributed by atoms with van der Waals surface area (Å²) in [5.74, 6) is 1.10. The van der Waals surface area contributed by atoms with Gasteiger partial charge in [-0.3, -0.25) is 9.69 Å². The number of likely N-dealkylation sites (tertiary alicyclic amines) is 2. The molecule has 7 nitrogen and oxygen atoms in total. The van der Waals surface area contributed by atoms with Gasteiger partial charge in [-0.2, -0.15) is 0 Å². The minimum absolute atomic E-state index is 0.0307. The summed E-state index contributed by atoms with van der Waals surface area (Å²) in [5, 5.41) is 10.5. The Kier molecular flexibility index (Phi) is 5.27. The number of ether oxygens (including phenoxy) is 1. The molecule has 4 heterocycles. The third-order valence-electron chi connectivity index (χ3n) is 6.58. The second kappa shape index (κ2) is 7.53. The first-order valence-electron chi connectivity index (χ1n) is 10.2. The first-order chi connectivity index (χ1) is 13.0. The van der Waals surface area contributed by atoms with Gasteiger partial charge >= 0.3 is 0 Å². The molecule has 0 bridgehead atoms. The van der Waals surface area contributed by atoms with Crippen LogP contribution in [0.1, 0.15) is 54.2 Å². The number of nitrogens with zero attached hydrogens (tertiary/aromatic N) is 3. The molecule has 7 heteroatoms. The van der Waals surface area contributed by atoms with Crippen LogP contribution < -0.4 is 0 Å². The SMILES string of the molecule is Cc1nc(C(=O)N2CCC3(CC2)CC(O)CN(C2CCOCC2)C3)c(C)o1. The zero-order chi connectivity index (χ0) is 19.0. The Bertz CT molecular complexity index is 675. The standard InChI is InChI=1S/C20H31N3O4/c1-14-18(21-15(2)27-14)19(25)22-7-5-20(6-8-22)11-17(24)12-23(13-20)16-3-9-26-10-4-16/h16-17,24H,3-13H2,1-2H3. The Balaban J connectivity index is 1.40. The molecule has 3 aliphatic heterocycles. The maximum Gasteiger partial charge on any atom is 0.276 e. The Morgan fingerprint density at radius 2 is 1.93 bits per heavy atom. The molecule has 1 spiro atoms. The summed E-state index contributed by atoms with van der Waals surface area (Å²) in [4.78, 5) is 21.5. The van der Waals surface area contributed by atoms with Crippen molar-refractivity contribution >= 4 is 5.91 Å². The maximum atomic E-state index is 12.8. The van der Waals surface area contributed by atoms with Crippen LogP contribution in [0.15, 0.2) is 4.42 Å². The van der Waals surface area contributed by atoms with Crippen molar-refractivity contribution in [1.29, 1.82) is 0 Å². The van der Waals surface area contributed by atoms with Crippen molar-refractivity contribution < 1.29 is 19.1 Å². The molecule has 0 aromatic carbocycles. The average molecular weight is 377 g/mol. The van der Waals surface area contributed by atoms with Crippen LogP contribution in [0.4, 0.5) is 0 Å². The van der Waals surface area contributed by atoms with Gasteiger partial charge in [0, 0.05) is 52.4 Å². The minimum Gasteiger partial charge on any atom is -0.445 e. The first kappa shape index (κ1) is 18.9. The number of aliphatic hydroxyl groups excluding tert-OH is 1. The lowest BCUT2D eigenvalue weighted by Gasteiger charge is -2.51. The third kappa shape index (κ3) is 3.91. The molecule has 1 atom stereocenters. The summed E-state index contributed by atoms with van der Waals surface area (Å²) in [6, 6.07) is 0.519. The predicted octanol–water partition coefficient (Wildman–Crippen LogP) is 1.76. The molecule has 150 valence electrons. The number of aryl methyl sites for hydroxylation is 2. The average Bonchev–Trinajstić information content (AvgIpc) is 3.00. The molecule has 1 aromatic heterocycles. The number of hydrogen-bond acceptors (Lipinski definition) is 6. The number of rotatable bonds is 2. The molecular weight excluding hydrogens is 346 g/mol. The fraction of sp³-hybridized carbons (Fsp3) is 0.800. The fourth-order valence-corrected chi connectivity index (χ4v) is 5.15. The highest BCUT2D eigenvalue weighted by Crippen LogP contribution is 2.41. The summed E-state index contributed by atoms with van der Waals surface area (Å²) in [7, 11) is 0. The Labute approximate surface area is 160 Å². The smallest absolute Gasteiger partial charge is 0.276 e. The summed E-state index contributed by atoms with van der Waals surface area (Å²) >= 11 is 0. The van der Waals surface area contributed by atoms with E-state index in [4.69, 9.17) is 9.15 Å². The lowest BCUT2D eigenvalue weighted by Crippen LogP contribution is -2.57. The molecule has 3 aliphatic rings. The van der Waals surface area contributed by atoms with E-state index in [1.54, 1.807) is 13.8 Å². The van der Waals surface area contributed by atoms with E-state index in [1.807, 2.05) is 4.90 Å². The van der Waals surface area contributed by atoms with Gasteiger partial charge in [-0.05, 0) is 44.4 Å². The van der Waals surface area contributed by atoms with E-state index in [2.05, 4.69) is 9.88 Å². The van der Waals surface area contributed by atoms with E-state index in [0.717, 1.165) is 71.5 Å². The van der Waals surface area contributed by atoms with Gasteiger partial charge in [-0.15, -0.1) is 0 Å². The van der Waals surface area contributed by atoms with Gasteiger partial charge in [0.1, 0.15) is 5.76 Å². The van der Waals surface area contributed by atoms with Crippen LogP contribution in [-0.2, 0) is 4.74 Å². The minimum atomic E-state index is -0.274. The number of oxazole rings is 1. The monoisotopic (exact) mass is 377 g/mol. The van der Waals surface area contributed by atoms with E-state index >= 15 is 0 Å². The molecule has 3 fully saturated rings. The van der Waals surface area contributed by atoms with Crippen LogP contribution in [0.25, 0.3) is 0 Å². The second-order valence-electron chi connectivity index (χ2n) is 8.56. The van der Waals surface area contributed by atoms with Crippen LogP contribution >= 0.6 is 0 Å². The van der Waals surface area contributed by atoms with Crippen molar-refractivity contribution in [2.75, 3.05) is 39.4 Å². The van der Waals surface area contributed by atoms with E-state index in [9.17, 15) is 9.90 Å². The molecule has 0 aliphatic carbocycles. The zero-order valence-electron chi connectivity index (χ0n) is 16.4. The van der Waals surface area contributed by atoms with Crippen molar-refractivity contribution in [1.82, 2.24) is 14.8 Å². The van der Waals surface area contributed by atoms with E-state index in [-0.39, 0.29) is 17.4 Å². The molecule has 1 amide bonds. The summed E-state index contributed by atoms with van der Waals surface area (Å²) < 4.78 is 10.9. The molecule has 1 unspecified atom stereocenters. The molecule has 0 radical (unpaired) electrons. The first-order valence-corrected chi connectivity index (χ1v) is 10.2. The third-order valence-corrected chi connectivity index (χ3v) is 6.58. The Morgan fingerprint density at radius 1 is 1.22 bits per heavy atom. The van der Waals surface area contributed by atoms with Crippen LogP contribution in [0, 0.1) is 19.3 Å². The Morgan fingerprint density at radius 3 is 2.56 bits per heavy atom. The number of aliphatic hydroxyl groups is 1. The lowest BCUT2D eigenvalue weighted by atomic mass is 9.71. The van der Waals surface area contributed by atoms with Crippen LogP contribution in [0.5, 0.6) is 0 Å². The topological polar surface area (TPSA) is 79.0 Å². The number of carbonyl (C=O) groups excluding carboxylic acids is 1. The molecule has 0 saturated carbocycles. The number of aromatic nitrogens is 1. The predicted molar refractivity (Wildman–Crippen MR) is 99.6 cm³/mol. The van der Waals surface area contributed by atoms with Gasteiger partial charge < -0.3 is 19.2 Å². The zero-order valence-corrected chi connectivity index (χ0v) is 16.4. The summed E-state index contributed by atoms with van der Waals surface area (Å²) in [5.41, 5.74) is 0.553. The van der Waals surface area contributed by atoms with Gasteiger partial charge in [0.15, 0.2) is 11.6 Å². The Hall–Kier alpha value is -1.44. The number of hydrogen-bond donors (Lipinski definition) is 1. The fourth-order valence-electron chi connectivity index (χ4n) is 5.15. The highest BCUT2D eigenvalue weighted by atomic mass is 16.5. The van der Waals surface area contributed by atoms with Crippen molar-refractivity contribution in [2.45, 2.75) is 58.1 Å². The summed E-state index contributed by atoms with van der Waals surface area (Å²) in [6.07, 6.45) is 4.55. The molecule has 4 rings (SSSR count). The highest BCUT2D eigenvalue weighted by Gasteiger charge is 2.44. The number of carbonyl (C=O) groups is 1. The van der Waals surface area contributed by atoms with E-state index in [0.29, 0.717) is 23.4 Å². The quantitative estimate of drug-likeness (QED) is 0.846. The second-order valence-corrected chi connectivity index (χ2v) is 8.56. The van der Waals surface area contributed by atoms with Crippen LogP contribution in [0.2, 0.25) is 0 Å². The lowest BCUT2D eigenvalue weighted by molar-refractivity contribution is -0.0695. The van der Waals surface area contributed by atoms with Gasteiger partial charge in [0.05, 0.1) is 6.10 Å². The van der Waals surface area contributed by atoms with Crippen molar-refractivity contribution in [3.05, 3.63) is 17.3 Å². The van der Waals surface area contributed by atoms with Crippen molar-refractivity contribution in [2.24, 2.45) is 5.41 Å². The largest absolute Gasteiger partial charge is 0.445 e. The van der Waals surface area contributed by atoms with Crippen molar-refractivity contribution in [3.63, 3.8) is 0 Å². The molecule has 3 saturated heterocycles. The molecule has 1 aromatic rings. The van der Waals surface area contributed by atoms with Gasteiger partial charge in [-0.25, -0.2) is 4.98 Å². The van der Waals surface area contributed by atoms with E-state index < -0.39 is 0 Å². The van der Waals surface area contributed by atoms with E-state index in [1.165, 1.54) is 0 Å². The maximum absolute atomic E-state index is 12.8. The van der Waals surface area contributed by atoms with Gasteiger partial charge in [0.25, 0.3) is 5.91 Å². The highest BCUT2D eigenvalue weighted by molar-refractivity contribution is 5.93. The van der Waals surface area contributed by atoms with Gasteiger partial charge in [-0.1, -0.05) is 0 Å². The van der Waals surface area contributed by atoms with Crippen LogP contribution in [-0.4, -0.2) is 77.3 Å². The molecule has 27 heavy (non-hydrogen) atoms. The number of amides is 1. The van der Waals surface area contributed by atoms with Crippen molar-refractivity contribution in [3.8, 4) is 0 Å². The number of β-amino-alcohol motifs (C(OH)–C–C–N with tert-alkyl or cyclic N) is 1. The number of piperidine rings is 2.